The number of unbranched alkanes of at least 4 members (excludes halogenated alkanes) is 1. The van der Waals surface area contributed by atoms with Gasteiger partial charge < -0.3 is 10.1 Å². The van der Waals surface area contributed by atoms with Gasteiger partial charge in [-0.25, -0.2) is 0 Å². The van der Waals surface area contributed by atoms with Crippen LogP contribution in [0.2, 0.25) is 0 Å². The van der Waals surface area contributed by atoms with Gasteiger partial charge in [-0.2, -0.15) is 0 Å². The number of nitrogens with one attached hydrogen (secondary N) is 1. The van der Waals surface area contributed by atoms with Gasteiger partial charge in [-0.1, -0.05) is 31.2 Å². The Balaban J connectivity index is 2.21. The molecule has 0 saturated carbocycles. The lowest BCUT2D eigenvalue weighted by molar-refractivity contribution is 0.192. The van der Waals surface area contributed by atoms with Crippen molar-refractivity contribution in [3.8, 4) is 0 Å². The first-order valence-electron chi connectivity index (χ1n) is 6.15. The van der Waals surface area contributed by atoms with Gasteiger partial charge >= 0.3 is 0 Å². The lowest BCUT2D eigenvalue weighted by Crippen LogP contribution is -2.16. The molecule has 90 valence electrons. The van der Waals surface area contributed by atoms with Crippen molar-refractivity contribution in [2.75, 3.05) is 20.3 Å². The smallest absolute Gasteiger partial charge is 0.0462 e. The van der Waals surface area contributed by atoms with Gasteiger partial charge in [-0.15, -0.1) is 0 Å². The van der Waals surface area contributed by atoms with Crippen molar-refractivity contribution in [1.29, 1.82) is 0 Å². The minimum absolute atomic E-state index is 0.868. The number of hydrogen-bond acceptors (Lipinski definition) is 2. The van der Waals surface area contributed by atoms with Crippen molar-refractivity contribution in [1.82, 2.24) is 5.32 Å². The summed E-state index contributed by atoms with van der Waals surface area (Å²) in [5.74, 6) is 0. The van der Waals surface area contributed by atoms with Crippen LogP contribution in [-0.2, 0) is 17.7 Å². The fourth-order valence-electron chi connectivity index (χ4n) is 1.79. The maximum Gasteiger partial charge on any atom is 0.0462 e. The molecule has 0 saturated heterocycles. The zero-order valence-corrected chi connectivity index (χ0v) is 10.5. The maximum atomic E-state index is 5.02. The molecule has 0 amide bonds. The number of hydrogen-bond donors (Lipinski definition) is 1. The third-order valence-electron chi connectivity index (χ3n) is 2.77. The van der Waals surface area contributed by atoms with Crippen molar-refractivity contribution in [3.05, 3.63) is 35.4 Å². The van der Waals surface area contributed by atoms with Gasteiger partial charge in [0.2, 0.25) is 0 Å². The summed E-state index contributed by atoms with van der Waals surface area (Å²) in [5.41, 5.74) is 2.88. The second-order valence-corrected chi connectivity index (χ2v) is 4.00. The topological polar surface area (TPSA) is 21.3 Å². The molecule has 0 bridgehead atoms. The van der Waals surface area contributed by atoms with Gasteiger partial charge in [0.25, 0.3) is 0 Å². The van der Waals surface area contributed by atoms with Crippen molar-refractivity contribution in [2.45, 2.75) is 32.7 Å². The lowest BCUT2D eigenvalue weighted by Gasteiger charge is -2.08. The van der Waals surface area contributed by atoms with Crippen LogP contribution in [0.3, 0.4) is 0 Å². The Bertz CT molecular complexity index is 286. The highest BCUT2D eigenvalue weighted by Crippen LogP contribution is 2.08. The van der Waals surface area contributed by atoms with E-state index in [2.05, 4.69) is 36.5 Å². The van der Waals surface area contributed by atoms with E-state index in [4.69, 9.17) is 4.74 Å². The highest BCUT2D eigenvalue weighted by Gasteiger charge is 1.98. The van der Waals surface area contributed by atoms with Gasteiger partial charge in [-0.3, -0.25) is 0 Å². The summed E-state index contributed by atoms with van der Waals surface area (Å²) in [6, 6.07) is 8.64. The molecule has 0 aromatic heterocycles. The Morgan fingerprint density at radius 2 is 1.88 bits per heavy atom. The molecule has 16 heavy (non-hydrogen) atoms. The van der Waals surface area contributed by atoms with E-state index in [0.29, 0.717) is 0 Å². The van der Waals surface area contributed by atoms with Crippen LogP contribution >= 0.6 is 0 Å². The standard InChI is InChI=1S/C14H23NO/c1-3-13-8-4-5-9-14(13)12-15-10-6-7-11-16-2/h4-5,8-9,15H,3,6-7,10-12H2,1-2H3. The zero-order chi connectivity index (χ0) is 11.6. The summed E-state index contributed by atoms with van der Waals surface area (Å²) < 4.78 is 5.02. The molecule has 1 aromatic carbocycles. The quantitative estimate of drug-likeness (QED) is 0.682. The zero-order valence-electron chi connectivity index (χ0n) is 10.5. The average Bonchev–Trinajstić information content (AvgIpc) is 2.34. The van der Waals surface area contributed by atoms with Crippen LogP contribution in [0.4, 0.5) is 0 Å². The van der Waals surface area contributed by atoms with Crippen LogP contribution in [0, 0.1) is 0 Å². The highest BCUT2D eigenvalue weighted by atomic mass is 16.5. The molecule has 2 nitrogen and oxygen atoms in total. The highest BCUT2D eigenvalue weighted by molar-refractivity contribution is 5.26. The molecule has 0 aliphatic carbocycles. The molecule has 0 atom stereocenters. The second kappa shape index (κ2) is 8.31. The van der Waals surface area contributed by atoms with E-state index >= 15 is 0 Å². The molecule has 1 aromatic rings. The Morgan fingerprint density at radius 1 is 1.12 bits per heavy atom. The van der Waals surface area contributed by atoms with E-state index in [1.54, 1.807) is 7.11 Å². The molecule has 0 fully saturated rings. The number of ether oxygens (including phenoxy) is 1. The minimum Gasteiger partial charge on any atom is -0.385 e. The van der Waals surface area contributed by atoms with Crippen LogP contribution in [0.25, 0.3) is 0 Å². The molecular formula is C14H23NO. The Hall–Kier alpha value is -0.860. The van der Waals surface area contributed by atoms with E-state index in [1.165, 1.54) is 17.5 Å². The van der Waals surface area contributed by atoms with Crippen LogP contribution < -0.4 is 5.32 Å². The van der Waals surface area contributed by atoms with E-state index in [9.17, 15) is 0 Å². The van der Waals surface area contributed by atoms with Gasteiger partial charge in [-0.05, 0) is 36.9 Å². The van der Waals surface area contributed by atoms with E-state index in [-0.39, 0.29) is 0 Å². The summed E-state index contributed by atoms with van der Waals surface area (Å²) in [4.78, 5) is 0. The van der Waals surface area contributed by atoms with Gasteiger partial charge in [0.05, 0.1) is 0 Å². The van der Waals surface area contributed by atoms with Crippen LogP contribution in [-0.4, -0.2) is 20.3 Å². The molecule has 0 aliphatic heterocycles. The van der Waals surface area contributed by atoms with E-state index < -0.39 is 0 Å². The number of benzene rings is 1. The van der Waals surface area contributed by atoms with Gasteiger partial charge in [0, 0.05) is 20.3 Å². The molecule has 1 N–H and O–H groups in total. The second-order valence-electron chi connectivity index (χ2n) is 4.00. The predicted molar refractivity (Wildman–Crippen MR) is 68.6 cm³/mol. The fraction of sp³-hybridized carbons (Fsp3) is 0.571. The van der Waals surface area contributed by atoms with Crippen molar-refractivity contribution in [2.24, 2.45) is 0 Å². The number of methoxy groups -OCH3 is 1. The SMILES string of the molecule is CCc1ccccc1CNCCCCOC. The first-order valence-corrected chi connectivity index (χ1v) is 6.15. The van der Waals surface area contributed by atoms with Crippen LogP contribution in [0.15, 0.2) is 24.3 Å². The van der Waals surface area contributed by atoms with Crippen molar-refractivity contribution in [3.63, 3.8) is 0 Å². The lowest BCUT2D eigenvalue weighted by atomic mass is 10.1. The van der Waals surface area contributed by atoms with Crippen LogP contribution in [0.1, 0.15) is 30.9 Å². The summed E-state index contributed by atoms with van der Waals surface area (Å²) in [6.07, 6.45) is 3.43. The largest absolute Gasteiger partial charge is 0.385 e. The van der Waals surface area contributed by atoms with E-state index in [0.717, 1.165) is 32.5 Å². The predicted octanol–water partition coefficient (Wildman–Crippen LogP) is 2.77. The summed E-state index contributed by atoms with van der Waals surface area (Å²) in [5, 5.41) is 3.48. The molecule has 0 radical (unpaired) electrons. The first kappa shape index (κ1) is 13.2. The average molecular weight is 221 g/mol. The molecule has 0 heterocycles. The summed E-state index contributed by atoms with van der Waals surface area (Å²) in [7, 11) is 1.75. The molecule has 1 rings (SSSR count). The summed E-state index contributed by atoms with van der Waals surface area (Å²) >= 11 is 0. The normalized spacial score (nSPS) is 10.6. The van der Waals surface area contributed by atoms with Crippen molar-refractivity contribution < 1.29 is 4.74 Å². The van der Waals surface area contributed by atoms with E-state index in [1.807, 2.05) is 0 Å². The minimum atomic E-state index is 0.868. The fourth-order valence-corrected chi connectivity index (χ4v) is 1.79. The monoisotopic (exact) mass is 221 g/mol. The molecule has 0 unspecified atom stereocenters. The van der Waals surface area contributed by atoms with Crippen molar-refractivity contribution >= 4 is 0 Å². The van der Waals surface area contributed by atoms with Crippen LogP contribution in [0.5, 0.6) is 0 Å². The molecular weight excluding hydrogens is 198 g/mol. The maximum absolute atomic E-state index is 5.02. The Kier molecular flexibility index (Phi) is 6.86. The first-order chi connectivity index (χ1) is 7.88. The number of aryl methyl sites for hydroxylation is 1. The number of rotatable bonds is 8. The Labute approximate surface area is 99.0 Å². The third kappa shape index (κ3) is 4.77. The Morgan fingerprint density at radius 3 is 2.56 bits per heavy atom. The van der Waals surface area contributed by atoms with Gasteiger partial charge in [0.15, 0.2) is 0 Å². The third-order valence-corrected chi connectivity index (χ3v) is 2.77. The molecule has 2 heteroatoms. The molecule has 0 aliphatic rings. The summed E-state index contributed by atoms with van der Waals surface area (Å²) in [6.45, 7) is 5.13. The molecule has 0 spiro atoms. The van der Waals surface area contributed by atoms with Gasteiger partial charge in [0.1, 0.15) is 0 Å².